The van der Waals surface area contributed by atoms with Gasteiger partial charge in [0.1, 0.15) is 5.75 Å². The van der Waals surface area contributed by atoms with Crippen molar-refractivity contribution in [2.45, 2.75) is 64.0 Å². The number of ether oxygens (including phenoxy) is 1. The summed E-state index contributed by atoms with van der Waals surface area (Å²) in [5.74, 6) is 1.45. The van der Waals surface area contributed by atoms with Crippen LogP contribution in [0.4, 0.5) is 4.79 Å². The van der Waals surface area contributed by atoms with Crippen LogP contribution in [0.25, 0.3) is 0 Å². The first-order valence-electron chi connectivity index (χ1n) is 13.4. The van der Waals surface area contributed by atoms with Crippen LogP contribution in [0, 0.1) is 5.92 Å². The number of para-hydroxylation sites is 1. The van der Waals surface area contributed by atoms with E-state index < -0.39 is 6.10 Å². The van der Waals surface area contributed by atoms with Gasteiger partial charge in [0.05, 0.1) is 13.2 Å². The Morgan fingerprint density at radius 3 is 2.78 bits per heavy atom. The number of carbonyl (C=O) groups excluding carboxylic acids is 1. The number of nitrogens with zero attached hydrogens (tertiary/aromatic N) is 2. The molecule has 4 rings (SSSR count). The number of likely N-dealkylation sites (tertiary alicyclic amines) is 1. The predicted molar refractivity (Wildman–Crippen MR) is 145 cm³/mol. The van der Waals surface area contributed by atoms with Gasteiger partial charge in [-0.3, -0.25) is 4.90 Å². The number of rotatable bonds is 10. The summed E-state index contributed by atoms with van der Waals surface area (Å²) in [7, 11) is 1.74. The number of piperidine rings is 1. The second kappa shape index (κ2) is 11.2. The van der Waals surface area contributed by atoms with Gasteiger partial charge in [0.25, 0.3) is 0 Å². The molecule has 2 fully saturated rings. The molecule has 2 bridgehead atoms. The molecular weight excluding hydrogens is 450 g/mol. The second-order valence-electron chi connectivity index (χ2n) is 11.1. The van der Waals surface area contributed by atoms with Crippen LogP contribution in [0.3, 0.4) is 0 Å². The number of urea groups is 1. The zero-order chi connectivity index (χ0) is 25.9. The summed E-state index contributed by atoms with van der Waals surface area (Å²) in [5.41, 5.74) is 5.00. The lowest BCUT2D eigenvalue weighted by Crippen LogP contribution is -2.43. The molecule has 1 saturated carbocycles. The third-order valence-corrected chi connectivity index (χ3v) is 8.46. The minimum absolute atomic E-state index is 0.0810. The maximum Gasteiger partial charge on any atom is 0.318 e. The molecule has 0 radical (unpaired) electrons. The van der Waals surface area contributed by atoms with Gasteiger partial charge in [-0.15, -0.1) is 0 Å². The number of benzene rings is 1. The van der Waals surface area contributed by atoms with Crippen molar-refractivity contribution < 1.29 is 14.6 Å². The molecule has 2 N–H and O–H groups in total. The average molecular weight is 494 g/mol. The van der Waals surface area contributed by atoms with Crippen molar-refractivity contribution in [1.29, 1.82) is 0 Å². The van der Waals surface area contributed by atoms with Crippen molar-refractivity contribution in [2.75, 3.05) is 39.8 Å². The number of allylic oxidation sites excluding steroid dienone is 1. The van der Waals surface area contributed by atoms with Crippen LogP contribution in [-0.4, -0.2) is 72.9 Å². The molecule has 0 spiro atoms. The summed E-state index contributed by atoms with van der Waals surface area (Å²) in [4.78, 5) is 17.1. The maximum absolute atomic E-state index is 12.8. The Kier molecular flexibility index (Phi) is 8.26. The van der Waals surface area contributed by atoms with Gasteiger partial charge in [0.2, 0.25) is 0 Å². The van der Waals surface area contributed by atoms with Crippen LogP contribution in [0.5, 0.6) is 5.75 Å². The van der Waals surface area contributed by atoms with Gasteiger partial charge in [0, 0.05) is 49.7 Å². The molecule has 1 saturated heterocycles. The molecule has 196 valence electrons. The number of aliphatic hydroxyl groups excluding tert-OH is 1. The van der Waals surface area contributed by atoms with Gasteiger partial charge >= 0.3 is 6.03 Å². The molecule has 36 heavy (non-hydrogen) atoms. The quantitative estimate of drug-likeness (QED) is 0.498. The molecule has 3 atom stereocenters. The van der Waals surface area contributed by atoms with E-state index in [1.54, 1.807) is 7.11 Å². The van der Waals surface area contributed by atoms with Gasteiger partial charge in [-0.25, -0.2) is 4.79 Å². The number of fused-ring (bicyclic) bond motifs is 2. The van der Waals surface area contributed by atoms with Crippen molar-refractivity contribution >= 4 is 6.03 Å². The summed E-state index contributed by atoms with van der Waals surface area (Å²) >= 11 is 0. The Morgan fingerprint density at radius 1 is 1.31 bits per heavy atom. The van der Waals surface area contributed by atoms with Gasteiger partial charge < -0.3 is 20.1 Å². The van der Waals surface area contributed by atoms with Crippen molar-refractivity contribution in [1.82, 2.24) is 15.1 Å². The SMILES string of the molecule is C=CC1=C(/C=C(/C)C(C)C)CN(C(=O)NCCC(O)CN2CC3(c4ccccc4OC)CCC2C3)C1. The molecule has 2 aliphatic heterocycles. The molecule has 1 aromatic rings. The Hall–Kier alpha value is -2.57. The zero-order valence-electron chi connectivity index (χ0n) is 22.4. The predicted octanol–water partition coefficient (Wildman–Crippen LogP) is 4.66. The van der Waals surface area contributed by atoms with E-state index in [9.17, 15) is 9.90 Å². The van der Waals surface area contributed by atoms with Crippen molar-refractivity contribution in [3.8, 4) is 5.75 Å². The monoisotopic (exact) mass is 493 g/mol. The number of carbonyl (C=O) groups is 1. The van der Waals surface area contributed by atoms with E-state index in [0.717, 1.165) is 30.7 Å². The van der Waals surface area contributed by atoms with E-state index >= 15 is 0 Å². The highest BCUT2D eigenvalue weighted by atomic mass is 16.5. The highest BCUT2D eigenvalue weighted by Crippen LogP contribution is 2.51. The van der Waals surface area contributed by atoms with Gasteiger partial charge in [-0.05, 0) is 55.7 Å². The van der Waals surface area contributed by atoms with E-state index in [0.29, 0.717) is 44.6 Å². The minimum atomic E-state index is -0.466. The lowest BCUT2D eigenvalue weighted by Gasteiger charge is -2.34. The Bertz CT molecular complexity index is 1030. The third kappa shape index (κ3) is 5.55. The first-order valence-corrected chi connectivity index (χ1v) is 13.4. The topological polar surface area (TPSA) is 65.0 Å². The van der Waals surface area contributed by atoms with Gasteiger partial charge in [0.15, 0.2) is 0 Å². The second-order valence-corrected chi connectivity index (χ2v) is 11.1. The number of methoxy groups -OCH3 is 1. The highest BCUT2D eigenvalue weighted by Gasteiger charge is 2.51. The molecular formula is C30H43N3O3. The molecule has 6 nitrogen and oxygen atoms in total. The molecule has 3 aliphatic rings. The number of amides is 2. The normalized spacial score (nSPS) is 25.1. The van der Waals surface area contributed by atoms with Crippen LogP contribution in [0.1, 0.15) is 52.0 Å². The van der Waals surface area contributed by atoms with Crippen molar-refractivity contribution in [3.63, 3.8) is 0 Å². The van der Waals surface area contributed by atoms with E-state index in [1.807, 2.05) is 17.0 Å². The Labute approximate surface area is 216 Å². The molecule has 2 heterocycles. The van der Waals surface area contributed by atoms with Gasteiger partial charge in [-0.2, -0.15) is 0 Å². The van der Waals surface area contributed by atoms with E-state index in [2.05, 4.69) is 61.8 Å². The lowest BCUT2D eigenvalue weighted by atomic mass is 9.79. The number of β-amino-alcohol motifs (C(OH)–C–C–N with tert-alkyl or cyclic N) is 1. The third-order valence-electron chi connectivity index (χ3n) is 8.46. The fourth-order valence-corrected chi connectivity index (χ4v) is 6.11. The van der Waals surface area contributed by atoms with Gasteiger partial charge in [-0.1, -0.05) is 56.4 Å². The van der Waals surface area contributed by atoms with Crippen LogP contribution in [-0.2, 0) is 5.41 Å². The first-order chi connectivity index (χ1) is 17.3. The summed E-state index contributed by atoms with van der Waals surface area (Å²) < 4.78 is 5.66. The van der Waals surface area contributed by atoms with Crippen LogP contribution in [0.2, 0.25) is 0 Å². The van der Waals surface area contributed by atoms with E-state index in [4.69, 9.17) is 4.74 Å². The first kappa shape index (κ1) is 26.5. The van der Waals surface area contributed by atoms with E-state index in [1.165, 1.54) is 23.1 Å². The molecule has 1 aromatic carbocycles. The number of hydrogen-bond donors (Lipinski definition) is 2. The smallest absolute Gasteiger partial charge is 0.318 e. The summed E-state index contributed by atoms with van der Waals surface area (Å²) in [6.45, 7) is 13.7. The van der Waals surface area contributed by atoms with Crippen LogP contribution >= 0.6 is 0 Å². The van der Waals surface area contributed by atoms with Crippen molar-refractivity contribution in [2.24, 2.45) is 5.92 Å². The summed E-state index contributed by atoms with van der Waals surface area (Å²) in [5, 5.41) is 13.8. The van der Waals surface area contributed by atoms with E-state index in [-0.39, 0.29) is 11.4 Å². The number of hydrogen-bond acceptors (Lipinski definition) is 4. The molecule has 2 amide bonds. The largest absolute Gasteiger partial charge is 0.496 e. The summed E-state index contributed by atoms with van der Waals surface area (Å²) in [6, 6.07) is 8.80. The molecule has 1 aliphatic carbocycles. The Balaban J connectivity index is 1.25. The number of aliphatic hydroxyl groups is 1. The maximum atomic E-state index is 12.8. The van der Waals surface area contributed by atoms with Crippen LogP contribution < -0.4 is 10.1 Å². The van der Waals surface area contributed by atoms with Crippen molar-refractivity contribution in [3.05, 3.63) is 65.3 Å². The minimum Gasteiger partial charge on any atom is -0.496 e. The standard InChI is InChI=1S/C30H43N3O3/c1-6-23-17-32(18-24(23)15-22(4)21(2)3)29(35)31-14-12-26(34)19-33-20-30(13-11-25(33)16-30)27-9-7-8-10-28(27)36-5/h6-10,15,21,25-26,34H,1,11-14,16-20H2,2-5H3,(H,31,35)/b22-15-. The average Bonchev–Trinajstić information content (AvgIpc) is 3.57. The molecule has 6 heteroatoms. The summed E-state index contributed by atoms with van der Waals surface area (Å²) in [6.07, 6.45) is 7.58. The fraction of sp³-hybridized carbons (Fsp3) is 0.567. The molecule has 3 unspecified atom stereocenters. The number of nitrogens with one attached hydrogen (secondary N) is 1. The molecule has 0 aromatic heterocycles. The highest BCUT2D eigenvalue weighted by molar-refractivity contribution is 5.76. The zero-order valence-corrected chi connectivity index (χ0v) is 22.4. The van der Waals surface area contributed by atoms with Crippen LogP contribution in [0.15, 0.2) is 59.7 Å². The lowest BCUT2D eigenvalue weighted by molar-refractivity contribution is 0.0858. The Morgan fingerprint density at radius 2 is 2.06 bits per heavy atom. The fourth-order valence-electron chi connectivity index (χ4n) is 6.11.